The van der Waals surface area contributed by atoms with E-state index in [2.05, 4.69) is 21.2 Å². The van der Waals surface area contributed by atoms with E-state index in [0.29, 0.717) is 17.2 Å². The zero-order valence-electron chi connectivity index (χ0n) is 20.8. The van der Waals surface area contributed by atoms with E-state index in [-0.39, 0.29) is 31.0 Å². The first-order valence-corrected chi connectivity index (χ1v) is 13.2. The fourth-order valence-electron chi connectivity index (χ4n) is 3.72. The van der Waals surface area contributed by atoms with E-state index in [1.54, 1.807) is 23.1 Å². The Kier molecular flexibility index (Phi) is 10.4. The maximum Gasteiger partial charge on any atom is 0.261 e. The van der Waals surface area contributed by atoms with E-state index < -0.39 is 6.04 Å². The molecule has 0 fully saturated rings. The molecule has 0 heterocycles. The van der Waals surface area contributed by atoms with E-state index in [4.69, 9.17) is 16.3 Å². The van der Waals surface area contributed by atoms with Gasteiger partial charge in [0.2, 0.25) is 5.91 Å². The third-order valence-electron chi connectivity index (χ3n) is 6.03. The molecule has 0 spiro atoms. The first kappa shape index (κ1) is 27.8. The van der Waals surface area contributed by atoms with Crippen molar-refractivity contribution >= 4 is 39.3 Å². The van der Waals surface area contributed by atoms with Crippen molar-refractivity contribution in [2.24, 2.45) is 0 Å². The minimum absolute atomic E-state index is 0.00583. The third-order valence-corrected chi connectivity index (χ3v) is 6.98. The highest BCUT2D eigenvalue weighted by Gasteiger charge is 2.31. The summed E-state index contributed by atoms with van der Waals surface area (Å²) in [6.07, 6.45) is 1.19. The van der Waals surface area contributed by atoms with Crippen LogP contribution in [0.25, 0.3) is 0 Å². The van der Waals surface area contributed by atoms with Crippen LogP contribution in [-0.4, -0.2) is 35.4 Å². The zero-order chi connectivity index (χ0) is 26.1. The highest BCUT2D eigenvalue weighted by atomic mass is 79.9. The number of nitrogens with zero attached hydrogens (tertiary/aromatic N) is 1. The summed E-state index contributed by atoms with van der Waals surface area (Å²) in [5, 5.41) is 3.71. The summed E-state index contributed by atoms with van der Waals surface area (Å²) in [5.74, 6) is 0.101. The van der Waals surface area contributed by atoms with Gasteiger partial charge in [0, 0.05) is 28.5 Å². The monoisotopic (exact) mass is 570 g/mol. The lowest BCUT2D eigenvalue weighted by Gasteiger charge is -2.32. The van der Waals surface area contributed by atoms with Gasteiger partial charge in [-0.1, -0.05) is 76.9 Å². The molecular formula is C29H32BrClN2O3. The van der Waals surface area contributed by atoms with Crippen LogP contribution in [0.2, 0.25) is 5.02 Å². The molecular weight excluding hydrogens is 540 g/mol. The van der Waals surface area contributed by atoms with E-state index >= 15 is 0 Å². The van der Waals surface area contributed by atoms with Crippen LogP contribution in [0.5, 0.6) is 5.75 Å². The molecule has 2 atom stereocenters. The van der Waals surface area contributed by atoms with Crippen molar-refractivity contribution in [3.05, 3.63) is 99.0 Å². The molecule has 0 radical (unpaired) electrons. The molecule has 3 rings (SSSR count). The molecule has 0 aliphatic rings. The van der Waals surface area contributed by atoms with Gasteiger partial charge in [0.1, 0.15) is 11.8 Å². The number of carbonyl (C=O) groups excluding carboxylic acids is 2. The van der Waals surface area contributed by atoms with Crippen LogP contribution in [0.3, 0.4) is 0 Å². The molecule has 36 heavy (non-hydrogen) atoms. The number of hydrogen-bond donors (Lipinski definition) is 1. The van der Waals surface area contributed by atoms with Crippen LogP contribution < -0.4 is 10.1 Å². The van der Waals surface area contributed by atoms with Crippen LogP contribution in [0.1, 0.15) is 37.0 Å². The van der Waals surface area contributed by atoms with Gasteiger partial charge in [0.05, 0.1) is 0 Å². The topological polar surface area (TPSA) is 58.6 Å². The maximum absolute atomic E-state index is 13.6. The highest BCUT2D eigenvalue weighted by molar-refractivity contribution is 9.10. The Morgan fingerprint density at radius 1 is 1.03 bits per heavy atom. The van der Waals surface area contributed by atoms with Crippen molar-refractivity contribution in [2.75, 3.05) is 6.61 Å². The standard InChI is InChI=1S/C29H32BrClN2O3/c1-4-21(3)32-29(35)27(17-22-8-6-5-7-9-22)33(18-23-10-12-24(30)13-11-23)28(34)19-36-25-14-15-26(31)20(2)16-25/h5-16,21,27H,4,17-19H2,1-3H3,(H,32,35). The molecule has 3 aromatic carbocycles. The zero-order valence-corrected chi connectivity index (χ0v) is 23.2. The average Bonchev–Trinajstić information content (AvgIpc) is 2.88. The summed E-state index contributed by atoms with van der Waals surface area (Å²) in [6, 6.07) is 22.1. The number of rotatable bonds is 11. The molecule has 0 saturated carbocycles. The van der Waals surface area contributed by atoms with Gasteiger partial charge in [0.25, 0.3) is 5.91 Å². The van der Waals surface area contributed by atoms with Gasteiger partial charge in [-0.3, -0.25) is 9.59 Å². The Balaban J connectivity index is 1.90. The average molecular weight is 572 g/mol. The van der Waals surface area contributed by atoms with E-state index in [9.17, 15) is 9.59 Å². The number of carbonyl (C=O) groups is 2. The van der Waals surface area contributed by atoms with Crippen LogP contribution in [0, 0.1) is 6.92 Å². The molecule has 7 heteroatoms. The van der Waals surface area contributed by atoms with E-state index in [1.807, 2.05) is 75.4 Å². The second-order valence-corrected chi connectivity index (χ2v) is 10.2. The molecule has 190 valence electrons. The van der Waals surface area contributed by atoms with Gasteiger partial charge in [-0.25, -0.2) is 0 Å². The first-order chi connectivity index (χ1) is 17.3. The molecule has 0 aliphatic heterocycles. The molecule has 0 saturated heterocycles. The van der Waals surface area contributed by atoms with Gasteiger partial charge in [-0.15, -0.1) is 0 Å². The predicted molar refractivity (Wildman–Crippen MR) is 148 cm³/mol. The van der Waals surface area contributed by atoms with Gasteiger partial charge in [-0.05, 0) is 67.3 Å². The molecule has 1 N–H and O–H groups in total. The summed E-state index contributed by atoms with van der Waals surface area (Å²) in [7, 11) is 0. The van der Waals surface area contributed by atoms with E-state index in [1.165, 1.54) is 0 Å². The molecule has 0 bridgehead atoms. The van der Waals surface area contributed by atoms with Crippen LogP contribution in [0.4, 0.5) is 0 Å². The second kappa shape index (κ2) is 13.5. The minimum atomic E-state index is -0.701. The SMILES string of the molecule is CCC(C)NC(=O)C(Cc1ccccc1)N(Cc1ccc(Br)cc1)C(=O)COc1ccc(Cl)c(C)c1. The Morgan fingerprint density at radius 2 is 1.72 bits per heavy atom. The summed E-state index contributed by atoms with van der Waals surface area (Å²) >= 11 is 9.58. The summed E-state index contributed by atoms with van der Waals surface area (Å²) in [6.45, 7) is 5.94. The largest absolute Gasteiger partial charge is 0.484 e. The Hall–Kier alpha value is -2.83. The number of aryl methyl sites for hydroxylation is 1. The lowest BCUT2D eigenvalue weighted by atomic mass is 10.0. The number of amides is 2. The Labute approximate surface area is 226 Å². The lowest BCUT2D eigenvalue weighted by Crippen LogP contribution is -2.53. The van der Waals surface area contributed by atoms with Gasteiger partial charge < -0.3 is 15.0 Å². The highest BCUT2D eigenvalue weighted by Crippen LogP contribution is 2.22. The Bertz CT molecular complexity index is 1150. The van der Waals surface area contributed by atoms with Crippen LogP contribution in [-0.2, 0) is 22.6 Å². The molecule has 0 aromatic heterocycles. The van der Waals surface area contributed by atoms with Crippen LogP contribution >= 0.6 is 27.5 Å². The number of benzene rings is 3. The van der Waals surface area contributed by atoms with Crippen molar-refractivity contribution in [1.29, 1.82) is 0 Å². The summed E-state index contributed by atoms with van der Waals surface area (Å²) < 4.78 is 6.78. The molecule has 0 aliphatic carbocycles. The molecule has 5 nitrogen and oxygen atoms in total. The van der Waals surface area contributed by atoms with Crippen molar-refractivity contribution < 1.29 is 14.3 Å². The van der Waals surface area contributed by atoms with E-state index in [0.717, 1.165) is 27.6 Å². The fourth-order valence-corrected chi connectivity index (χ4v) is 4.10. The smallest absolute Gasteiger partial charge is 0.261 e. The van der Waals surface area contributed by atoms with Crippen molar-refractivity contribution in [3.63, 3.8) is 0 Å². The predicted octanol–water partition coefficient (Wildman–Crippen LogP) is 6.34. The Morgan fingerprint density at radius 3 is 2.36 bits per heavy atom. The summed E-state index contributed by atoms with van der Waals surface area (Å²) in [4.78, 5) is 28.7. The quantitative estimate of drug-likeness (QED) is 0.292. The third kappa shape index (κ3) is 8.10. The molecule has 2 unspecified atom stereocenters. The lowest BCUT2D eigenvalue weighted by molar-refractivity contribution is -0.143. The molecule has 2 amide bonds. The fraction of sp³-hybridized carbons (Fsp3) is 0.310. The summed E-state index contributed by atoms with van der Waals surface area (Å²) in [5.41, 5.74) is 2.76. The number of halogens is 2. The first-order valence-electron chi connectivity index (χ1n) is 12.0. The van der Waals surface area contributed by atoms with Crippen molar-refractivity contribution in [2.45, 2.75) is 52.2 Å². The van der Waals surface area contributed by atoms with Crippen LogP contribution in [0.15, 0.2) is 77.3 Å². The van der Waals surface area contributed by atoms with Gasteiger partial charge in [0.15, 0.2) is 6.61 Å². The number of nitrogens with one attached hydrogen (secondary N) is 1. The molecule has 3 aromatic rings. The van der Waals surface area contributed by atoms with Crippen molar-refractivity contribution in [1.82, 2.24) is 10.2 Å². The number of hydrogen-bond acceptors (Lipinski definition) is 3. The number of ether oxygens (including phenoxy) is 1. The minimum Gasteiger partial charge on any atom is -0.484 e. The maximum atomic E-state index is 13.6. The van der Waals surface area contributed by atoms with Gasteiger partial charge >= 0.3 is 0 Å². The van der Waals surface area contributed by atoms with Crippen molar-refractivity contribution in [3.8, 4) is 5.75 Å². The second-order valence-electron chi connectivity index (χ2n) is 8.87. The normalized spacial score (nSPS) is 12.5. The van der Waals surface area contributed by atoms with Gasteiger partial charge in [-0.2, -0.15) is 0 Å².